The van der Waals surface area contributed by atoms with Crippen LogP contribution in [0.3, 0.4) is 0 Å². The number of rotatable bonds is 6. The number of phenolic OH excluding ortho intramolecular Hbond substituents is 3. The molecule has 3 aliphatic rings. The van der Waals surface area contributed by atoms with Gasteiger partial charge in [-0.15, -0.1) is 11.8 Å². The molecule has 3 heterocycles. The van der Waals surface area contributed by atoms with E-state index in [9.17, 15) is 24.0 Å². The lowest BCUT2D eigenvalue weighted by Gasteiger charge is -2.10. The predicted molar refractivity (Wildman–Crippen MR) is 159 cm³/mol. The summed E-state index contributed by atoms with van der Waals surface area (Å²) in [7, 11) is 0. The zero-order valence-corrected chi connectivity index (χ0v) is 24.8. The monoisotopic (exact) mass is 674 g/mol. The van der Waals surface area contributed by atoms with Crippen molar-refractivity contribution >= 4 is 69.8 Å². The van der Waals surface area contributed by atoms with Gasteiger partial charge in [-0.05, 0) is 29.8 Å². The molecule has 0 bridgehead atoms. The first kappa shape index (κ1) is 35.7. The van der Waals surface area contributed by atoms with Crippen molar-refractivity contribution in [2.24, 2.45) is 0 Å². The fourth-order valence-corrected chi connectivity index (χ4v) is 5.18. The molecule has 0 aliphatic carbocycles. The van der Waals surface area contributed by atoms with E-state index in [1.54, 1.807) is 30.0 Å². The van der Waals surface area contributed by atoms with Crippen molar-refractivity contribution in [2.75, 3.05) is 30.7 Å². The van der Waals surface area contributed by atoms with Gasteiger partial charge >= 0.3 is 23.9 Å². The third-order valence-electron chi connectivity index (χ3n) is 5.26. The summed E-state index contributed by atoms with van der Waals surface area (Å²) >= 11 is 7.56. The third kappa shape index (κ3) is 11.3. The molecular weight excluding hydrogens is 648 g/mol. The molecule has 0 saturated carbocycles. The van der Waals surface area contributed by atoms with Crippen LogP contribution in [0.4, 0.5) is 0 Å². The molecule has 0 aromatic heterocycles. The fourth-order valence-electron chi connectivity index (χ4n) is 3.18. The summed E-state index contributed by atoms with van der Waals surface area (Å²) in [6, 6.07) is 6.52. The van der Waals surface area contributed by atoms with E-state index in [2.05, 4.69) is 5.32 Å². The Morgan fingerprint density at radius 2 is 1.59 bits per heavy atom. The van der Waals surface area contributed by atoms with E-state index in [0.717, 1.165) is 28.5 Å². The molecule has 2 aromatic rings. The second-order valence-corrected chi connectivity index (χ2v) is 11.1. The lowest BCUT2D eigenvalue weighted by Crippen LogP contribution is -2.33. The van der Waals surface area contributed by atoms with E-state index in [1.165, 1.54) is 11.8 Å². The maximum absolute atomic E-state index is 10.9. The molecule has 44 heavy (non-hydrogen) atoms. The van der Waals surface area contributed by atoms with Crippen molar-refractivity contribution in [2.45, 2.75) is 12.5 Å². The van der Waals surface area contributed by atoms with Gasteiger partial charge in [-0.2, -0.15) is 0 Å². The van der Waals surface area contributed by atoms with Crippen molar-refractivity contribution in [3.05, 3.63) is 41.5 Å². The summed E-state index contributed by atoms with van der Waals surface area (Å²) in [6.45, 7) is -0.101. The van der Waals surface area contributed by atoms with E-state index < -0.39 is 41.1 Å². The third-order valence-corrected chi connectivity index (χ3v) is 7.63. The highest BCUT2D eigenvalue weighted by Gasteiger charge is 2.28. The molecule has 3 aliphatic heterocycles. The van der Waals surface area contributed by atoms with Crippen molar-refractivity contribution in [1.29, 1.82) is 0 Å². The Balaban J connectivity index is 0.000000207. The Bertz CT molecular complexity index is 1380. The molecule has 5 rings (SSSR count). The smallest absolute Gasteiger partial charge is 0.335 e. The number of hydrogen-bond donors (Lipinski definition) is 8. The highest BCUT2D eigenvalue weighted by Crippen LogP contribution is 2.35. The summed E-state index contributed by atoms with van der Waals surface area (Å²) in [6.07, 6.45) is 0.0106. The lowest BCUT2D eigenvalue weighted by molar-refractivity contribution is -0.140. The molecule has 1 atom stereocenters. The molecule has 2 saturated heterocycles. The summed E-state index contributed by atoms with van der Waals surface area (Å²) in [5.74, 6) is -3.13. The van der Waals surface area contributed by atoms with Gasteiger partial charge in [0.1, 0.15) is 16.9 Å². The maximum atomic E-state index is 10.9. The largest absolute Gasteiger partial charge is 0.504 e. The van der Waals surface area contributed by atoms with Crippen LogP contribution in [0.2, 0.25) is 0 Å². The zero-order valence-electron chi connectivity index (χ0n) is 22.4. The molecule has 0 spiro atoms. The van der Waals surface area contributed by atoms with Gasteiger partial charge in [-0.25, -0.2) is 4.79 Å². The first-order valence-corrected chi connectivity index (χ1v) is 14.6. The van der Waals surface area contributed by atoms with Gasteiger partial charge in [-0.3, -0.25) is 29.4 Å². The van der Waals surface area contributed by atoms with Crippen LogP contribution < -0.4 is 14.8 Å². The number of aromatic carboxylic acids is 1. The number of thiocarbonyl (C=S) groups is 1. The first-order chi connectivity index (χ1) is 20.7. The Morgan fingerprint density at radius 1 is 0.955 bits per heavy atom. The van der Waals surface area contributed by atoms with Crippen LogP contribution in [0.25, 0.3) is 0 Å². The number of carbonyl (C=O) groups excluding carboxylic acids is 1. The average Bonchev–Trinajstić information content (AvgIpc) is 3.71. The lowest BCUT2D eigenvalue weighted by atomic mass is 10.1. The van der Waals surface area contributed by atoms with Crippen molar-refractivity contribution in [3.63, 3.8) is 0 Å². The van der Waals surface area contributed by atoms with Crippen LogP contribution in [0, 0.1) is 0 Å². The Labute approximate surface area is 262 Å². The van der Waals surface area contributed by atoms with Gasteiger partial charge in [0.05, 0.1) is 17.7 Å². The Morgan fingerprint density at radius 3 is 2.05 bits per heavy atom. The van der Waals surface area contributed by atoms with Gasteiger partial charge in [0.25, 0.3) is 0 Å². The topological polar surface area (TPSA) is 261 Å². The number of amides is 1. The molecule has 1 amide bonds. The van der Waals surface area contributed by atoms with Crippen LogP contribution in [0.15, 0.2) is 30.3 Å². The van der Waals surface area contributed by atoms with Crippen LogP contribution in [0.1, 0.15) is 15.9 Å². The number of hydrogen-bond acceptors (Lipinski definition) is 14. The van der Waals surface area contributed by atoms with Crippen LogP contribution in [-0.4, -0.2) is 112 Å². The first-order valence-electron chi connectivity index (χ1n) is 12.0. The van der Waals surface area contributed by atoms with Crippen molar-refractivity contribution < 1.29 is 69.2 Å². The van der Waals surface area contributed by atoms with E-state index >= 15 is 0 Å². The van der Waals surface area contributed by atoms with Crippen LogP contribution in [-0.2, 0) is 25.6 Å². The minimum atomic E-state index is -1.29. The molecule has 0 radical (unpaired) electrons. The molecule has 1 unspecified atom stereocenters. The van der Waals surface area contributed by atoms with Gasteiger partial charge in [0.2, 0.25) is 12.7 Å². The SMILES string of the molecule is O=C(O)C1CSCN1.O=C(O)CN1C(=O)CSC1=S.O=C(O)Cc1ccc2c(c1)OCO2.O=C(O)c1cc(O)c(O)c(O)c1. The second-order valence-electron chi connectivity index (χ2n) is 8.46. The molecule has 16 nitrogen and oxygen atoms in total. The number of thioether (sulfide) groups is 2. The number of phenols is 3. The summed E-state index contributed by atoms with van der Waals surface area (Å²) in [4.78, 5) is 53.0. The number of fused-ring (bicyclic) bond motifs is 1. The second kappa shape index (κ2) is 17.0. The van der Waals surface area contributed by atoms with Gasteiger partial charge in [0, 0.05) is 11.6 Å². The van der Waals surface area contributed by atoms with Gasteiger partial charge in [-0.1, -0.05) is 30.0 Å². The number of aromatic hydroxyl groups is 3. The number of nitrogens with zero attached hydrogens (tertiary/aromatic N) is 1. The Kier molecular flexibility index (Phi) is 13.8. The van der Waals surface area contributed by atoms with Crippen LogP contribution >= 0.6 is 35.7 Å². The maximum Gasteiger partial charge on any atom is 0.335 e. The number of ether oxygens (including phenoxy) is 2. The predicted octanol–water partition coefficient (Wildman–Crippen LogP) is 1.21. The summed E-state index contributed by atoms with van der Waals surface area (Å²) in [5, 5.41) is 63.0. The highest BCUT2D eigenvalue weighted by atomic mass is 32.2. The number of carboxylic acid groups (broad SMARTS) is 4. The number of aliphatic carboxylic acids is 3. The van der Waals surface area contributed by atoms with E-state index in [-0.39, 0.29) is 43.0 Å². The number of benzene rings is 2. The van der Waals surface area contributed by atoms with Gasteiger partial charge in [0.15, 0.2) is 28.7 Å². The molecule has 2 aromatic carbocycles. The zero-order chi connectivity index (χ0) is 33.0. The van der Waals surface area contributed by atoms with Crippen LogP contribution in [0.5, 0.6) is 28.7 Å². The fraction of sp³-hybridized carbons (Fsp3) is 0.280. The average molecular weight is 675 g/mol. The number of carbonyl (C=O) groups is 5. The molecule has 8 N–H and O–H groups in total. The standard InChI is InChI=1S/C9H8O4.C7H6O5.C5H5NO3S2.C4H7NO2S/c10-9(11)4-6-1-2-7-8(3-6)13-5-12-7;8-4-1-3(7(11)12)2-5(9)6(4)10;7-3-2-11-5(10)6(3)1-4(8)9;6-4(7)3-1-8-2-5-3/h1-3H,4-5H2,(H,10,11);1-2,8-10H,(H,11,12);1-2H2,(H,8,9);3,5H,1-2H2,(H,6,7). The molecule has 238 valence electrons. The van der Waals surface area contributed by atoms with Crippen molar-refractivity contribution in [3.8, 4) is 28.7 Å². The summed E-state index contributed by atoms with van der Waals surface area (Å²) in [5.41, 5.74) is 0.430. The van der Waals surface area contributed by atoms with E-state index in [1.807, 2.05) is 0 Å². The van der Waals surface area contributed by atoms with E-state index in [0.29, 0.717) is 21.6 Å². The number of nitrogens with one attached hydrogen (secondary N) is 1. The summed E-state index contributed by atoms with van der Waals surface area (Å²) < 4.78 is 10.6. The minimum Gasteiger partial charge on any atom is -0.504 e. The quantitative estimate of drug-likeness (QED) is 0.158. The molecule has 19 heteroatoms. The van der Waals surface area contributed by atoms with E-state index in [4.69, 9.17) is 57.4 Å². The normalized spacial score (nSPS) is 16.0. The number of carboxylic acids is 4. The molecule has 2 fully saturated rings. The highest BCUT2D eigenvalue weighted by molar-refractivity contribution is 8.23. The molecular formula is C25H26N2O14S3. The van der Waals surface area contributed by atoms with Gasteiger partial charge < -0.3 is 45.2 Å². The Hall–Kier alpha value is -4.46. The minimum absolute atomic E-state index is 0.0106. The van der Waals surface area contributed by atoms with Crippen molar-refractivity contribution in [1.82, 2.24) is 10.2 Å².